The van der Waals surface area contributed by atoms with Crippen molar-refractivity contribution < 1.29 is 9.47 Å². The van der Waals surface area contributed by atoms with Gasteiger partial charge in [-0.05, 0) is 30.7 Å². The molecular formula is C15H19N3O2. The lowest BCUT2D eigenvalue weighted by molar-refractivity contribution is 0.307. The van der Waals surface area contributed by atoms with E-state index in [9.17, 15) is 0 Å². The highest BCUT2D eigenvalue weighted by Gasteiger charge is 2.05. The molecule has 0 saturated heterocycles. The fraction of sp³-hybridized carbons (Fsp3) is 0.267. The number of nitrogen functional groups attached to an aromatic ring is 1. The third kappa shape index (κ3) is 3.54. The first kappa shape index (κ1) is 14.0. The van der Waals surface area contributed by atoms with Gasteiger partial charge in [-0.25, -0.2) is 0 Å². The monoisotopic (exact) mass is 273 g/mol. The average Bonchev–Trinajstić information content (AvgIpc) is 2.48. The normalized spacial score (nSPS) is 10.1. The third-order valence-electron chi connectivity index (χ3n) is 2.67. The lowest BCUT2D eigenvalue weighted by atomic mass is 10.3. The topological polar surface area (TPSA) is 69.4 Å². The molecule has 5 nitrogen and oxygen atoms in total. The molecule has 5 heteroatoms. The largest absolute Gasteiger partial charge is 0.497 e. The molecule has 3 N–H and O–H groups in total. The zero-order chi connectivity index (χ0) is 14.4. The molecular weight excluding hydrogens is 254 g/mol. The highest BCUT2D eigenvalue weighted by molar-refractivity contribution is 5.61. The van der Waals surface area contributed by atoms with Gasteiger partial charge in [0.2, 0.25) is 5.88 Å². The summed E-state index contributed by atoms with van der Waals surface area (Å²) >= 11 is 0. The van der Waals surface area contributed by atoms with Gasteiger partial charge in [0.25, 0.3) is 0 Å². The van der Waals surface area contributed by atoms with E-state index < -0.39 is 0 Å². The minimum absolute atomic E-state index is 0.458. The molecule has 0 aliphatic heterocycles. The molecule has 0 amide bonds. The maximum absolute atomic E-state index is 5.83. The van der Waals surface area contributed by atoms with Crippen LogP contribution in [-0.2, 0) is 0 Å². The summed E-state index contributed by atoms with van der Waals surface area (Å²) in [5.41, 5.74) is 7.26. The predicted molar refractivity (Wildman–Crippen MR) is 80.7 cm³/mol. The van der Waals surface area contributed by atoms with Gasteiger partial charge in [-0.15, -0.1) is 0 Å². The summed E-state index contributed by atoms with van der Waals surface area (Å²) in [5, 5.41) is 3.20. The van der Waals surface area contributed by atoms with Crippen LogP contribution in [0.3, 0.4) is 0 Å². The third-order valence-corrected chi connectivity index (χ3v) is 2.67. The summed E-state index contributed by atoms with van der Waals surface area (Å²) in [6.45, 7) is 2.63. The van der Waals surface area contributed by atoms with E-state index in [0.717, 1.165) is 17.9 Å². The van der Waals surface area contributed by atoms with Crippen LogP contribution in [0, 0.1) is 0 Å². The molecule has 0 aliphatic rings. The zero-order valence-corrected chi connectivity index (χ0v) is 11.7. The van der Waals surface area contributed by atoms with Gasteiger partial charge in [-0.2, -0.15) is 4.98 Å². The summed E-state index contributed by atoms with van der Waals surface area (Å²) in [5.74, 6) is 1.92. The smallest absolute Gasteiger partial charge is 0.239 e. The maximum atomic E-state index is 5.83. The second kappa shape index (κ2) is 6.65. The summed E-state index contributed by atoms with van der Waals surface area (Å²) in [4.78, 5) is 4.36. The van der Waals surface area contributed by atoms with Gasteiger partial charge in [0.1, 0.15) is 11.6 Å². The van der Waals surface area contributed by atoms with E-state index >= 15 is 0 Å². The predicted octanol–water partition coefficient (Wildman–Crippen LogP) is 3.20. The molecule has 0 radical (unpaired) electrons. The Morgan fingerprint density at radius 3 is 2.85 bits per heavy atom. The second-order valence-corrected chi connectivity index (χ2v) is 4.30. The molecule has 106 valence electrons. The Kier molecular flexibility index (Phi) is 4.65. The summed E-state index contributed by atoms with van der Waals surface area (Å²) < 4.78 is 10.7. The Morgan fingerprint density at radius 2 is 2.10 bits per heavy atom. The Labute approximate surface area is 118 Å². The molecule has 2 aromatic rings. The molecule has 0 atom stereocenters. The summed E-state index contributed by atoms with van der Waals surface area (Å²) in [7, 11) is 1.64. The lowest BCUT2D eigenvalue weighted by Crippen LogP contribution is -2.03. The molecule has 0 aliphatic carbocycles. The molecule has 0 bridgehead atoms. The van der Waals surface area contributed by atoms with Crippen LogP contribution in [0.5, 0.6) is 11.6 Å². The van der Waals surface area contributed by atoms with Gasteiger partial charge in [-0.3, -0.25) is 0 Å². The van der Waals surface area contributed by atoms with Gasteiger partial charge in [0, 0.05) is 11.8 Å². The number of rotatable bonds is 6. The lowest BCUT2D eigenvalue weighted by Gasteiger charge is -2.11. The number of hydrogen-bond acceptors (Lipinski definition) is 5. The van der Waals surface area contributed by atoms with Crippen molar-refractivity contribution in [2.45, 2.75) is 13.3 Å². The molecule has 0 spiro atoms. The number of hydrogen-bond donors (Lipinski definition) is 2. The van der Waals surface area contributed by atoms with Crippen molar-refractivity contribution in [1.82, 2.24) is 4.98 Å². The maximum Gasteiger partial charge on any atom is 0.239 e. The molecule has 0 fully saturated rings. The number of nitrogens with one attached hydrogen (secondary N) is 1. The van der Waals surface area contributed by atoms with Gasteiger partial charge in [-0.1, -0.05) is 13.0 Å². The number of benzene rings is 1. The number of methoxy groups -OCH3 is 1. The number of aromatic nitrogens is 1. The standard InChI is InChI=1S/C15H19N3O2/c1-3-9-20-15-13(16)7-8-14(18-15)17-11-5-4-6-12(10-11)19-2/h4-8,10H,3,9,16H2,1-2H3,(H,17,18). The van der Waals surface area contributed by atoms with E-state index in [-0.39, 0.29) is 0 Å². The van der Waals surface area contributed by atoms with Gasteiger partial charge >= 0.3 is 0 Å². The van der Waals surface area contributed by atoms with Crippen LogP contribution in [0.1, 0.15) is 13.3 Å². The first-order chi connectivity index (χ1) is 9.72. The van der Waals surface area contributed by atoms with Crippen LogP contribution in [0.25, 0.3) is 0 Å². The van der Waals surface area contributed by atoms with Crippen molar-refractivity contribution in [3.8, 4) is 11.6 Å². The van der Waals surface area contributed by atoms with Crippen LogP contribution in [0.15, 0.2) is 36.4 Å². The van der Waals surface area contributed by atoms with Crippen molar-refractivity contribution in [3.05, 3.63) is 36.4 Å². The van der Waals surface area contributed by atoms with E-state index in [1.54, 1.807) is 13.2 Å². The Balaban J connectivity index is 2.16. The first-order valence-electron chi connectivity index (χ1n) is 6.53. The van der Waals surface area contributed by atoms with Crippen LogP contribution >= 0.6 is 0 Å². The molecule has 0 saturated carbocycles. The number of nitrogens with two attached hydrogens (primary N) is 1. The Bertz CT molecular complexity index is 573. The minimum Gasteiger partial charge on any atom is -0.497 e. The Hall–Kier alpha value is -2.43. The highest BCUT2D eigenvalue weighted by atomic mass is 16.5. The van der Waals surface area contributed by atoms with E-state index in [1.165, 1.54) is 0 Å². The Morgan fingerprint density at radius 1 is 1.25 bits per heavy atom. The van der Waals surface area contributed by atoms with Crippen molar-refractivity contribution in [1.29, 1.82) is 0 Å². The van der Waals surface area contributed by atoms with E-state index in [2.05, 4.69) is 10.3 Å². The van der Waals surface area contributed by atoms with Gasteiger partial charge < -0.3 is 20.5 Å². The second-order valence-electron chi connectivity index (χ2n) is 4.30. The first-order valence-corrected chi connectivity index (χ1v) is 6.53. The molecule has 1 aromatic heterocycles. The number of nitrogens with zero attached hydrogens (tertiary/aromatic N) is 1. The van der Waals surface area contributed by atoms with Crippen molar-refractivity contribution in [3.63, 3.8) is 0 Å². The van der Waals surface area contributed by atoms with Crippen LogP contribution in [0.4, 0.5) is 17.2 Å². The number of ether oxygens (including phenoxy) is 2. The van der Waals surface area contributed by atoms with Gasteiger partial charge in [0.15, 0.2) is 0 Å². The minimum atomic E-state index is 0.458. The molecule has 20 heavy (non-hydrogen) atoms. The average molecular weight is 273 g/mol. The highest BCUT2D eigenvalue weighted by Crippen LogP contribution is 2.25. The van der Waals surface area contributed by atoms with Crippen molar-refractivity contribution in [2.24, 2.45) is 0 Å². The van der Waals surface area contributed by atoms with Gasteiger partial charge in [0.05, 0.1) is 19.4 Å². The van der Waals surface area contributed by atoms with Crippen molar-refractivity contribution in [2.75, 3.05) is 24.8 Å². The van der Waals surface area contributed by atoms with E-state index in [1.807, 2.05) is 37.3 Å². The fourth-order valence-corrected chi connectivity index (χ4v) is 1.68. The van der Waals surface area contributed by atoms with Crippen molar-refractivity contribution >= 4 is 17.2 Å². The van der Waals surface area contributed by atoms with Crippen LogP contribution in [0.2, 0.25) is 0 Å². The fourth-order valence-electron chi connectivity index (χ4n) is 1.68. The summed E-state index contributed by atoms with van der Waals surface area (Å²) in [6.07, 6.45) is 0.911. The SMILES string of the molecule is CCCOc1nc(Nc2cccc(OC)c2)ccc1N. The van der Waals surface area contributed by atoms with Crippen LogP contribution < -0.4 is 20.5 Å². The van der Waals surface area contributed by atoms with Crippen LogP contribution in [-0.4, -0.2) is 18.7 Å². The summed E-state index contributed by atoms with van der Waals surface area (Å²) in [6, 6.07) is 11.2. The molecule has 1 aromatic carbocycles. The molecule has 0 unspecified atom stereocenters. The molecule has 2 rings (SSSR count). The number of anilines is 3. The van der Waals surface area contributed by atoms with E-state index in [4.69, 9.17) is 15.2 Å². The zero-order valence-electron chi connectivity index (χ0n) is 11.7. The number of pyridine rings is 1. The van der Waals surface area contributed by atoms with E-state index in [0.29, 0.717) is 24.0 Å². The molecule has 1 heterocycles. The quantitative estimate of drug-likeness (QED) is 0.845.